The number of sulfonamides is 1. The summed E-state index contributed by atoms with van der Waals surface area (Å²) in [6.07, 6.45) is -4.85. The minimum Gasteiger partial charge on any atom is -0.406 e. The Morgan fingerprint density at radius 2 is 2.07 bits per heavy atom. The van der Waals surface area contributed by atoms with Crippen molar-refractivity contribution in [3.05, 3.63) is 30.0 Å². The molecule has 1 aromatic carbocycles. The number of nitrogens with two attached hydrogens (primary N) is 1. The maximum atomic E-state index is 12.3. The number of halogens is 3. The monoisotopic (exact) mass is 468 g/mol. The lowest BCUT2D eigenvalue weighted by atomic mass is 10.3. The van der Waals surface area contributed by atoms with Crippen molar-refractivity contribution in [2.24, 2.45) is 5.14 Å². The van der Waals surface area contributed by atoms with E-state index >= 15 is 0 Å². The summed E-state index contributed by atoms with van der Waals surface area (Å²) in [5, 5.41) is 25.0. The van der Waals surface area contributed by atoms with E-state index in [9.17, 15) is 26.4 Å². The molecule has 11 nitrogen and oxygen atoms in total. The number of nitrogens with one attached hydrogen (secondary N) is 3. The molecule has 0 aliphatic heterocycles. The molecule has 0 radical (unpaired) electrons. The average Bonchev–Trinajstić information content (AvgIpc) is 3.04. The highest BCUT2D eigenvalue weighted by Gasteiger charge is 2.31. The van der Waals surface area contributed by atoms with Crippen LogP contribution in [0.2, 0.25) is 0 Å². The van der Waals surface area contributed by atoms with Gasteiger partial charge in [-0.05, 0) is 22.4 Å². The number of rotatable bonds is 9. The first-order valence-corrected chi connectivity index (χ1v) is 10.6. The van der Waals surface area contributed by atoms with Gasteiger partial charge >= 0.3 is 6.36 Å². The number of anilines is 1. The topological polar surface area (TPSA) is 173 Å². The van der Waals surface area contributed by atoms with Crippen molar-refractivity contribution in [3.8, 4) is 5.75 Å². The van der Waals surface area contributed by atoms with Crippen LogP contribution in [0.3, 0.4) is 0 Å². The second-order valence-electron chi connectivity index (χ2n) is 5.50. The summed E-state index contributed by atoms with van der Waals surface area (Å²) >= 11 is 1.05. The predicted molar refractivity (Wildman–Crippen MR) is 99.6 cm³/mol. The summed E-state index contributed by atoms with van der Waals surface area (Å²) in [4.78, 5) is 11.4. The minimum atomic E-state index is -4.85. The van der Waals surface area contributed by atoms with Crippen LogP contribution >= 0.6 is 11.8 Å². The van der Waals surface area contributed by atoms with Crippen LogP contribution in [0, 0.1) is 5.41 Å². The summed E-state index contributed by atoms with van der Waals surface area (Å²) < 4.78 is 66.9. The van der Waals surface area contributed by atoms with E-state index in [0.29, 0.717) is 0 Å². The molecule has 1 aromatic heterocycles. The van der Waals surface area contributed by atoms with E-state index < -0.39 is 33.8 Å². The number of nitrogens with zero attached hydrogens (tertiary/aromatic N) is 2. The molecule has 0 spiro atoms. The van der Waals surface area contributed by atoms with Crippen LogP contribution < -0.4 is 20.5 Å². The number of hydrogen-bond donors (Lipinski definition) is 4. The highest BCUT2D eigenvalue weighted by molar-refractivity contribution is 7.99. The number of ether oxygens (including phenoxy) is 1. The van der Waals surface area contributed by atoms with Crippen molar-refractivity contribution >= 4 is 39.2 Å². The molecule has 0 atom stereocenters. The third kappa shape index (κ3) is 8.26. The summed E-state index contributed by atoms with van der Waals surface area (Å²) in [5.74, 6) is -2.16. The van der Waals surface area contributed by atoms with Crippen molar-refractivity contribution in [2.45, 2.75) is 11.4 Å². The molecule has 0 saturated carbocycles. The number of aromatic nitrogens is 2. The molecule has 1 heterocycles. The summed E-state index contributed by atoms with van der Waals surface area (Å²) in [7, 11) is -3.93. The van der Waals surface area contributed by atoms with Crippen LogP contribution in [0.15, 0.2) is 33.9 Å². The second kappa shape index (κ2) is 9.77. The molecular weight excluding hydrogens is 453 g/mol. The van der Waals surface area contributed by atoms with Crippen LogP contribution in [0.1, 0.15) is 5.69 Å². The van der Waals surface area contributed by atoms with Gasteiger partial charge in [-0.25, -0.2) is 18.2 Å². The van der Waals surface area contributed by atoms with Crippen molar-refractivity contribution in [1.82, 2.24) is 15.6 Å². The predicted octanol–water partition coefficient (Wildman–Crippen LogP) is 0.902. The van der Waals surface area contributed by atoms with E-state index in [1.165, 1.54) is 12.1 Å². The first-order chi connectivity index (χ1) is 13.9. The summed E-state index contributed by atoms with van der Waals surface area (Å²) in [5.41, 5.74) is 0.119. The normalized spacial score (nSPS) is 11.7. The number of alkyl halides is 3. The van der Waals surface area contributed by atoms with Crippen LogP contribution in [-0.2, 0) is 14.8 Å². The highest BCUT2D eigenvalue weighted by atomic mass is 32.2. The molecule has 0 unspecified atom stereocenters. The fourth-order valence-corrected chi connectivity index (χ4v) is 3.20. The first kappa shape index (κ1) is 23.4. The van der Waals surface area contributed by atoms with Gasteiger partial charge in [0.2, 0.25) is 15.9 Å². The van der Waals surface area contributed by atoms with Crippen molar-refractivity contribution in [2.75, 3.05) is 23.4 Å². The zero-order valence-corrected chi connectivity index (χ0v) is 16.5. The third-order valence-corrected chi connectivity index (χ3v) is 4.64. The Hall–Kier alpha value is -2.85. The molecule has 30 heavy (non-hydrogen) atoms. The van der Waals surface area contributed by atoms with Crippen molar-refractivity contribution < 1.29 is 35.7 Å². The Bertz CT molecular complexity index is 1010. The summed E-state index contributed by atoms with van der Waals surface area (Å²) in [6, 6.07) is 4.87. The largest absolute Gasteiger partial charge is 0.573 e. The maximum absolute atomic E-state index is 12.3. The minimum absolute atomic E-state index is 0.0157. The van der Waals surface area contributed by atoms with Crippen LogP contribution in [0.5, 0.6) is 5.75 Å². The van der Waals surface area contributed by atoms with Gasteiger partial charge in [-0.2, -0.15) is 0 Å². The van der Waals surface area contributed by atoms with Gasteiger partial charge in [-0.15, -0.1) is 13.2 Å². The van der Waals surface area contributed by atoms with Crippen LogP contribution in [0.4, 0.5) is 18.9 Å². The van der Waals surface area contributed by atoms with E-state index in [-0.39, 0.29) is 34.5 Å². The molecule has 5 N–H and O–H groups in total. The fraction of sp³-hybridized carbons (Fsp3) is 0.286. The molecular formula is C14H15F3N6O5S2. The van der Waals surface area contributed by atoms with E-state index in [1.807, 2.05) is 0 Å². The molecule has 0 aliphatic rings. The first-order valence-electron chi connectivity index (χ1n) is 7.87. The van der Waals surface area contributed by atoms with Crippen LogP contribution in [-0.4, -0.2) is 54.9 Å². The Morgan fingerprint density at radius 1 is 1.33 bits per heavy atom. The van der Waals surface area contributed by atoms with E-state index in [0.717, 1.165) is 23.9 Å². The molecule has 0 bridgehead atoms. The van der Waals surface area contributed by atoms with Gasteiger partial charge in [0.1, 0.15) is 11.5 Å². The molecule has 0 aliphatic carbocycles. The van der Waals surface area contributed by atoms with E-state index in [1.54, 1.807) is 0 Å². The van der Waals surface area contributed by atoms with Gasteiger partial charge in [0.15, 0.2) is 16.6 Å². The Morgan fingerprint density at radius 3 is 2.73 bits per heavy atom. The Labute approximate surface area is 172 Å². The number of primary sulfonamides is 1. The Balaban J connectivity index is 1.91. The number of carbonyl (C=O) groups excluding carboxylic acids is 1. The molecule has 16 heteroatoms. The molecule has 2 rings (SSSR count). The number of hydrogen-bond acceptors (Lipinski definition) is 9. The average molecular weight is 468 g/mol. The number of thioether (sulfide) groups is 1. The van der Waals surface area contributed by atoms with Gasteiger partial charge < -0.3 is 15.4 Å². The zero-order valence-electron chi connectivity index (χ0n) is 14.9. The number of carbonyl (C=O) groups is 1. The van der Waals surface area contributed by atoms with E-state index in [2.05, 4.69) is 30.3 Å². The van der Waals surface area contributed by atoms with Crippen LogP contribution in [0.25, 0.3) is 0 Å². The lowest BCUT2D eigenvalue weighted by Gasteiger charge is -2.11. The number of amides is 1. The maximum Gasteiger partial charge on any atom is 0.573 e. The number of benzene rings is 1. The Kier molecular flexibility index (Phi) is 7.63. The third-order valence-electron chi connectivity index (χ3n) is 3.03. The standard InChI is InChI=1S/C14H15F3N6O5S2/c15-14(16,17)27-9-3-1-2-8(6-9)21-12(18)11-13(23-28-22-11)29-5-4-20-10(24)7-30(19,25)26/h1-3,6H,4-5,7H2,(H2,18,21)(H,20,24)(H2,19,25,26). The quantitative estimate of drug-likeness (QED) is 0.180. The molecule has 2 aromatic rings. The highest BCUT2D eigenvalue weighted by Crippen LogP contribution is 2.26. The smallest absolute Gasteiger partial charge is 0.406 e. The molecule has 0 fully saturated rings. The fourth-order valence-electron chi connectivity index (χ4n) is 1.97. The van der Waals surface area contributed by atoms with Gasteiger partial charge in [0.25, 0.3) is 0 Å². The summed E-state index contributed by atoms with van der Waals surface area (Å²) in [6.45, 7) is 0.0723. The van der Waals surface area contributed by atoms with E-state index in [4.69, 9.17) is 10.5 Å². The second-order valence-corrected chi connectivity index (χ2v) is 8.20. The van der Waals surface area contributed by atoms with Gasteiger partial charge in [0, 0.05) is 24.1 Å². The SMILES string of the molecule is N=C(Nc1cccc(OC(F)(F)F)c1)c1nonc1SCCNC(=O)CS(N)(=O)=O. The molecule has 164 valence electrons. The molecule has 0 saturated heterocycles. The number of amidine groups is 1. The lowest BCUT2D eigenvalue weighted by molar-refractivity contribution is -0.274. The van der Waals surface area contributed by atoms with Gasteiger partial charge in [-0.3, -0.25) is 10.2 Å². The van der Waals surface area contributed by atoms with Gasteiger partial charge in [0.05, 0.1) is 0 Å². The zero-order chi connectivity index (χ0) is 22.4. The van der Waals surface area contributed by atoms with Crippen molar-refractivity contribution in [3.63, 3.8) is 0 Å². The van der Waals surface area contributed by atoms with Gasteiger partial charge in [-0.1, -0.05) is 17.8 Å². The molecule has 1 amide bonds. The lowest BCUT2D eigenvalue weighted by Crippen LogP contribution is -2.34. The van der Waals surface area contributed by atoms with Crippen molar-refractivity contribution in [1.29, 1.82) is 5.41 Å².